The van der Waals surface area contributed by atoms with Crippen LogP contribution in [0.3, 0.4) is 0 Å². The molecule has 1 aromatic carbocycles. The van der Waals surface area contributed by atoms with Gasteiger partial charge in [-0.3, -0.25) is 0 Å². The number of hydrogen-bond donors (Lipinski definition) is 3. The van der Waals surface area contributed by atoms with Crippen molar-refractivity contribution in [1.29, 1.82) is 0 Å². The van der Waals surface area contributed by atoms with Crippen LogP contribution in [0.4, 0.5) is 5.69 Å². The number of nitrogens with one attached hydrogen (secondary N) is 1. The minimum Gasteiger partial charge on any atom is -0.497 e. The Kier molecular flexibility index (Phi) is 6.07. The third-order valence-corrected chi connectivity index (χ3v) is 4.17. The van der Waals surface area contributed by atoms with E-state index in [1.54, 1.807) is 6.07 Å². The Morgan fingerprint density at radius 3 is 2.63 bits per heavy atom. The molecule has 0 fully saturated rings. The minimum atomic E-state index is -3.60. The molecule has 0 atom stereocenters. The van der Waals surface area contributed by atoms with Crippen molar-refractivity contribution in [2.75, 3.05) is 26.0 Å². The highest BCUT2D eigenvalue weighted by molar-refractivity contribution is 7.89. The molecule has 0 saturated carbocycles. The summed E-state index contributed by atoms with van der Waals surface area (Å²) < 4.78 is 31.5. The van der Waals surface area contributed by atoms with Gasteiger partial charge in [0.1, 0.15) is 10.6 Å². The predicted octanol–water partition coefficient (Wildman–Crippen LogP) is 0.718. The van der Waals surface area contributed by atoms with Gasteiger partial charge in [0.15, 0.2) is 0 Å². The molecule has 0 bridgehead atoms. The normalized spacial score (nSPS) is 11.5. The number of aliphatic hydroxyl groups is 1. The second kappa shape index (κ2) is 7.32. The second-order valence-corrected chi connectivity index (χ2v) is 5.82. The SMILES string of the molecule is COc1ccc(S(=O)(=O)NCCCCCO)c(N)c1. The summed E-state index contributed by atoms with van der Waals surface area (Å²) >= 11 is 0. The van der Waals surface area contributed by atoms with Gasteiger partial charge >= 0.3 is 0 Å². The zero-order valence-corrected chi connectivity index (χ0v) is 11.7. The summed E-state index contributed by atoms with van der Waals surface area (Å²) in [7, 11) is -2.11. The first-order valence-electron chi connectivity index (χ1n) is 6.05. The van der Waals surface area contributed by atoms with E-state index in [2.05, 4.69) is 4.72 Å². The molecular formula is C12H20N2O4S. The lowest BCUT2D eigenvalue weighted by Crippen LogP contribution is -2.25. The first-order chi connectivity index (χ1) is 9.01. The van der Waals surface area contributed by atoms with Gasteiger partial charge in [-0.15, -0.1) is 0 Å². The van der Waals surface area contributed by atoms with Crippen LogP contribution in [0.1, 0.15) is 19.3 Å². The van der Waals surface area contributed by atoms with Gasteiger partial charge in [-0.05, 0) is 31.4 Å². The van der Waals surface area contributed by atoms with E-state index in [9.17, 15) is 8.42 Å². The molecule has 6 nitrogen and oxygen atoms in total. The molecule has 0 heterocycles. The highest BCUT2D eigenvalue weighted by Gasteiger charge is 2.17. The standard InChI is InChI=1S/C12H20N2O4S/c1-18-10-5-6-12(11(13)9-10)19(16,17)14-7-3-2-4-8-15/h5-6,9,14-15H,2-4,7-8,13H2,1H3. The number of methoxy groups -OCH3 is 1. The zero-order chi connectivity index (χ0) is 14.3. The number of nitrogens with two attached hydrogens (primary N) is 1. The molecule has 0 aliphatic carbocycles. The summed E-state index contributed by atoms with van der Waals surface area (Å²) in [6.07, 6.45) is 2.12. The lowest BCUT2D eigenvalue weighted by atomic mass is 10.2. The van der Waals surface area contributed by atoms with Crippen LogP contribution in [0.5, 0.6) is 5.75 Å². The van der Waals surface area contributed by atoms with Crippen LogP contribution >= 0.6 is 0 Å². The predicted molar refractivity (Wildman–Crippen MR) is 73.5 cm³/mol. The first kappa shape index (κ1) is 15.7. The Hall–Kier alpha value is -1.31. The molecule has 0 saturated heterocycles. The van der Waals surface area contributed by atoms with E-state index < -0.39 is 10.0 Å². The molecule has 0 spiro atoms. The van der Waals surface area contributed by atoms with E-state index in [-0.39, 0.29) is 17.2 Å². The Morgan fingerprint density at radius 1 is 1.32 bits per heavy atom. The lowest BCUT2D eigenvalue weighted by Gasteiger charge is -2.10. The van der Waals surface area contributed by atoms with Crippen LogP contribution in [0.15, 0.2) is 23.1 Å². The average Bonchev–Trinajstić information content (AvgIpc) is 2.37. The monoisotopic (exact) mass is 288 g/mol. The van der Waals surface area contributed by atoms with Gasteiger partial charge in [0.2, 0.25) is 10.0 Å². The van der Waals surface area contributed by atoms with Gasteiger partial charge < -0.3 is 15.6 Å². The summed E-state index contributed by atoms with van der Waals surface area (Å²) in [4.78, 5) is 0.0514. The van der Waals surface area contributed by atoms with E-state index in [4.69, 9.17) is 15.6 Å². The fourth-order valence-electron chi connectivity index (χ4n) is 1.60. The van der Waals surface area contributed by atoms with Crippen LogP contribution in [-0.2, 0) is 10.0 Å². The van der Waals surface area contributed by atoms with E-state index in [1.807, 2.05) is 0 Å². The van der Waals surface area contributed by atoms with Crippen LogP contribution in [0, 0.1) is 0 Å². The molecule has 7 heteroatoms. The Balaban J connectivity index is 2.67. The van der Waals surface area contributed by atoms with Crippen molar-refractivity contribution < 1.29 is 18.3 Å². The Morgan fingerprint density at radius 2 is 2.05 bits per heavy atom. The number of benzene rings is 1. The van der Waals surface area contributed by atoms with E-state index in [0.29, 0.717) is 25.1 Å². The van der Waals surface area contributed by atoms with Gasteiger partial charge in [0.05, 0.1) is 12.8 Å². The number of unbranched alkanes of at least 4 members (excludes halogenated alkanes) is 2. The summed E-state index contributed by atoms with van der Waals surface area (Å²) in [6.45, 7) is 0.450. The molecular weight excluding hydrogens is 268 g/mol. The number of rotatable bonds is 8. The fourth-order valence-corrected chi connectivity index (χ4v) is 2.78. The molecule has 4 N–H and O–H groups in total. The van der Waals surface area contributed by atoms with Crippen molar-refractivity contribution in [1.82, 2.24) is 4.72 Å². The second-order valence-electron chi connectivity index (χ2n) is 4.09. The maximum atomic E-state index is 12.0. The van der Waals surface area contributed by atoms with Crippen LogP contribution < -0.4 is 15.2 Å². The topological polar surface area (TPSA) is 102 Å². The molecule has 108 valence electrons. The number of ether oxygens (including phenoxy) is 1. The van der Waals surface area contributed by atoms with Crippen molar-refractivity contribution in [3.8, 4) is 5.75 Å². The summed E-state index contributed by atoms with van der Waals surface area (Å²) in [5.41, 5.74) is 5.86. The van der Waals surface area contributed by atoms with Crippen LogP contribution in [-0.4, -0.2) is 33.8 Å². The third-order valence-electron chi connectivity index (χ3n) is 2.63. The number of anilines is 1. The summed E-state index contributed by atoms with van der Waals surface area (Å²) in [6, 6.07) is 4.45. The molecule has 1 rings (SSSR count). The van der Waals surface area contributed by atoms with Gasteiger partial charge in [0, 0.05) is 19.2 Å². The van der Waals surface area contributed by atoms with Gasteiger partial charge in [-0.2, -0.15) is 0 Å². The average molecular weight is 288 g/mol. The largest absolute Gasteiger partial charge is 0.497 e. The lowest BCUT2D eigenvalue weighted by molar-refractivity contribution is 0.283. The molecule has 19 heavy (non-hydrogen) atoms. The Labute approximate surface area is 113 Å². The fraction of sp³-hybridized carbons (Fsp3) is 0.500. The quantitative estimate of drug-likeness (QED) is 0.483. The maximum Gasteiger partial charge on any atom is 0.242 e. The van der Waals surface area contributed by atoms with Crippen molar-refractivity contribution in [2.45, 2.75) is 24.2 Å². The smallest absolute Gasteiger partial charge is 0.242 e. The number of sulfonamides is 1. The minimum absolute atomic E-state index is 0.0514. The summed E-state index contributed by atoms with van der Waals surface area (Å²) in [5.74, 6) is 0.513. The molecule has 0 aliphatic heterocycles. The highest BCUT2D eigenvalue weighted by Crippen LogP contribution is 2.23. The maximum absolute atomic E-state index is 12.0. The molecule has 0 unspecified atom stereocenters. The van der Waals surface area contributed by atoms with Gasteiger partial charge in [0.25, 0.3) is 0 Å². The van der Waals surface area contributed by atoms with Crippen molar-refractivity contribution in [2.24, 2.45) is 0 Å². The summed E-state index contributed by atoms with van der Waals surface area (Å²) in [5, 5.41) is 8.62. The zero-order valence-electron chi connectivity index (χ0n) is 10.9. The Bertz CT molecular complexity index is 502. The molecule has 0 amide bonds. The van der Waals surface area contributed by atoms with Gasteiger partial charge in [-0.25, -0.2) is 13.1 Å². The number of nitrogen functional groups attached to an aromatic ring is 1. The molecule has 0 radical (unpaired) electrons. The third kappa shape index (κ3) is 4.70. The number of aliphatic hydroxyl groups excluding tert-OH is 1. The van der Waals surface area contributed by atoms with Gasteiger partial charge in [-0.1, -0.05) is 0 Å². The molecule has 0 aromatic heterocycles. The van der Waals surface area contributed by atoms with Crippen LogP contribution in [0.25, 0.3) is 0 Å². The van der Waals surface area contributed by atoms with E-state index in [1.165, 1.54) is 19.2 Å². The highest BCUT2D eigenvalue weighted by atomic mass is 32.2. The molecule has 0 aliphatic rings. The van der Waals surface area contributed by atoms with Crippen molar-refractivity contribution in [3.63, 3.8) is 0 Å². The van der Waals surface area contributed by atoms with Crippen molar-refractivity contribution >= 4 is 15.7 Å². The van der Waals surface area contributed by atoms with Crippen molar-refractivity contribution in [3.05, 3.63) is 18.2 Å². The van der Waals surface area contributed by atoms with Crippen LogP contribution in [0.2, 0.25) is 0 Å². The first-order valence-corrected chi connectivity index (χ1v) is 7.53. The molecule has 1 aromatic rings. The van der Waals surface area contributed by atoms with E-state index in [0.717, 1.165) is 6.42 Å². The van der Waals surface area contributed by atoms with E-state index >= 15 is 0 Å². The number of hydrogen-bond acceptors (Lipinski definition) is 5.